The molecular weight excluding hydrogens is 239 g/mol. The van der Waals surface area contributed by atoms with Gasteiger partial charge in [-0.3, -0.25) is 0 Å². The minimum Gasteiger partial charge on any atom is -0.221 e. The summed E-state index contributed by atoms with van der Waals surface area (Å²) in [5, 5.41) is 5.04. The Balaban J connectivity index is 2.60. The summed E-state index contributed by atoms with van der Waals surface area (Å²) in [6.45, 7) is 5.83. The molecular formula is C13H14ClFN2. The normalized spacial score (nSPS) is 10.9. The van der Waals surface area contributed by atoms with Crippen LogP contribution < -0.4 is 0 Å². The van der Waals surface area contributed by atoms with E-state index in [0.717, 1.165) is 28.9 Å². The Kier molecular flexibility index (Phi) is 3.20. The van der Waals surface area contributed by atoms with Crippen LogP contribution in [-0.2, 0) is 6.42 Å². The highest BCUT2D eigenvalue weighted by molar-refractivity contribution is 6.30. The molecule has 2 rings (SSSR count). The highest BCUT2D eigenvalue weighted by atomic mass is 35.5. The third-order valence-electron chi connectivity index (χ3n) is 2.87. The van der Waals surface area contributed by atoms with Crippen molar-refractivity contribution < 1.29 is 4.39 Å². The van der Waals surface area contributed by atoms with Crippen molar-refractivity contribution in [1.82, 2.24) is 9.78 Å². The smallest absolute Gasteiger partial charge is 0.136 e. The van der Waals surface area contributed by atoms with Crippen LogP contribution in [-0.4, -0.2) is 9.78 Å². The van der Waals surface area contributed by atoms with Gasteiger partial charge in [-0.2, -0.15) is 5.10 Å². The van der Waals surface area contributed by atoms with Gasteiger partial charge >= 0.3 is 0 Å². The lowest BCUT2D eigenvalue weighted by atomic mass is 10.2. The van der Waals surface area contributed by atoms with Gasteiger partial charge in [-0.25, -0.2) is 9.07 Å². The van der Waals surface area contributed by atoms with Crippen LogP contribution in [0.2, 0.25) is 5.15 Å². The molecule has 0 saturated heterocycles. The number of aromatic nitrogens is 2. The number of rotatable bonds is 2. The number of hydrogen-bond acceptors (Lipinski definition) is 1. The summed E-state index contributed by atoms with van der Waals surface area (Å²) >= 11 is 6.25. The Bertz CT molecular complexity index is 561. The van der Waals surface area contributed by atoms with Crippen LogP contribution in [0.3, 0.4) is 0 Å². The predicted molar refractivity (Wildman–Crippen MR) is 67.4 cm³/mol. The van der Waals surface area contributed by atoms with Crippen molar-refractivity contribution in [2.45, 2.75) is 27.2 Å². The van der Waals surface area contributed by atoms with Gasteiger partial charge in [0.15, 0.2) is 0 Å². The van der Waals surface area contributed by atoms with E-state index in [2.05, 4.69) is 5.10 Å². The molecule has 0 atom stereocenters. The van der Waals surface area contributed by atoms with Crippen LogP contribution in [0.15, 0.2) is 18.2 Å². The fourth-order valence-corrected chi connectivity index (χ4v) is 2.11. The predicted octanol–water partition coefficient (Wildman–Crippen LogP) is 3.84. The fourth-order valence-electron chi connectivity index (χ4n) is 1.87. The Morgan fingerprint density at radius 3 is 2.59 bits per heavy atom. The first-order valence-corrected chi connectivity index (χ1v) is 5.93. The van der Waals surface area contributed by atoms with Gasteiger partial charge in [0.05, 0.1) is 11.4 Å². The molecule has 1 aromatic carbocycles. The Hall–Kier alpha value is -1.35. The third kappa shape index (κ3) is 2.07. The van der Waals surface area contributed by atoms with Crippen LogP contribution in [0.1, 0.15) is 23.7 Å². The van der Waals surface area contributed by atoms with Crippen LogP contribution in [0, 0.1) is 19.7 Å². The zero-order valence-electron chi connectivity index (χ0n) is 10.1. The Morgan fingerprint density at radius 1 is 1.35 bits per heavy atom. The number of hydrogen-bond donors (Lipinski definition) is 0. The van der Waals surface area contributed by atoms with E-state index in [4.69, 9.17) is 11.6 Å². The van der Waals surface area contributed by atoms with Crippen molar-refractivity contribution in [1.29, 1.82) is 0 Å². The van der Waals surface area contributed by atoms with Gasteiger partial charge in [0.2, 0.25) is 0 Å². The van der Waals surface area contributed by atoms with E-state index < -0.39 is 0 Å². The van der Waals surface area contributed by atoms with Crippen molar-refractivity contribution in [3.05, 3.63) is 46.0 Å². The first-order chi connectivity index (χ1) is 8.04. The van der Waals surface area contributed by atoms with Crippen LogP contribution in [0.4, 0.5) is 4.39 Å². The summed E-state index contributed by atoms with van der Waals surface area (Å²) in [4.78, 5) is 0. The molecule has 17 heavy (non-hydrogen) atoms. The highest BCUT2D eigenvalue weighted by Gasteiger charge is 2.14. The van der Waals surface area contributed by atoms with Crippen LogP contribution in [0.5, 0.6) is 0 Å². The fraction of sp³-hybridized carbons (Fsp3) is 0.308. The average molecular weight is 253 g/mol. The largest absolute Gasteiger partial charge is 0.221 e. The molecule has 0 bridgehead atoms. The zero-order chi connectivity index (χ0) is 12.6. The van der Waals surface area contributed by atoms with Gasteiger partial charge in [-0.15, -0.1) is 0 Å². The van der Waals surface area contributed by atoms with Crippen molar-refractivity contribution in [2.75, 3.05) is 0 Å². The molecule has 0 amide bonds. The van der Waals surface area contributed by atoms with E-state index in [0.29, 0.717) is 5.15 Å². The molecule has 90 valence electrons. The Morgan fingerprint density at radius 2 is 2.06 bits per heavy atom. The van der Waals surface area contributed by atoms with E-state index in [1.54, 1.807) is 10.7 Å². The number of nitrogens with zero attached hydrogens (tertiary/aromatic N) is 2. The summed E-state index contributed by atoms with van der Waals surface area (Å²) < 4.78 is 14.7. The monoisotopic (exact) mass is 252 g/mol. The lowest BCUT2D eigenvalue weighted by molar-refractivity contribution is 0.625. The molecule has 0 spiro atoms. The van der Waals surface area contributed by atoms with Gasteiger partial charge in [-0.1, -0.05) is 18.5 Å². The molecule has 1 aromatic heterocycles. The third-order valence-corrected chi connectivity index (χ3v) is 3.31. The lowest BCUT2D eigenvalue weighted by Gasteiger charge is -2.07. The highest BCUT2D eigenvalue weighted by Crippen LogP contribution is 2.25. The van der Waals surface area contributed by atoms with Gasteiger partial charge in [0, 0.05) is 5.56 Å². The molecule has 0 aliphatic heterocycles. The van der Waals surface area contributed by atoms with Gasteiger partial charge in [0.25, 0.3) is 0 Å². The molecule has 2 nitrogen and oxygen atoms in total. The molecule has 4 heteroatoms. The summed E-state index contributed by atoms with van der Waals surface area (Å²) in [5.41, 5.74) is 3.59. The SMILES string of the molecule is CCc1nn(-c2ccc(F)cc2C)c(Cl)c1C. The van der Waals surface area contributed by atoms with Gasteiger partial charge < -0.3 is 0 Å². The second kappa shape index (κ2) is 4.49. The number of aryl methyl sites for hydroxylation is 2. The van der Waals surface area contributed by atoms with Gasteiger partial charge in [-0.05, 0) is 44.0 Å². The second-order valence-corrected chi connectivity index (χ2v) is 4.42. The maximum atomic E-state index is 13.1. The maximum Gasteiger partial charge on any atom is 0.136 e. The van der Waals surface area contributed by atoms with Crippen molar-refractivity contribution >= 4 is 11.6 Å². The van der Waals surface area contributed by atoms with E-state index in [-0.39, 0.29) is 5.82 Å². The summed E-state index contributed by atoms with van der Waals surface area (Å²) in [6.07, 6.45) is 0.832. The number of halogens is 2. The minimum absolute atomic E-state index is 0.248. The van der Waals surface area contributed by atoms with E-state index in [1.807, 2.05) is 20.8 Å². The van der Waals surface area contributed by atoms with Crippen molar-refractivity contribution in [3.8, 4) is 5.69 Å². The van der Waals surface area contributed by atoms with Gasteiger partial charge in [0.1, 0.15) is 11.0 Å². The molecule has 2 aromatic rings. The summed E-state index contributed by atoms with van der Waals surface area (Å²) in [7, 11) is 0. The maximum absolute atomic E-state index is 13.1. The molecule has 0 aliphatic carbocycles. The number of benzene rings is 1. The minimum atomic E-state index is -0.248. The first-order valence-electron chi connectivity index (χ1n) is 5.55. The zero-order valence-corrected chi connectivity index (χ0v) is 10.8. The average Bonchev–Trinajstić information content (AvgIpc) is 2.57. The lowest BCUT2D eigenvalue weighted by Crippen LogP contribution is -2.00. The van der Waals surface area contributed by atoms with Crippen molar-refractivity contribution in [2.24, 2.45) is 0 Å². The van der Waals surface area contributed by atoms with Crippen LogP contribution >= 0.6 is 11.6 Å². The van der Waals surface area contributed by atoms with E-state index in [1.165, 1.54) is 12.1 Å². The first kappa shape index (κ1) is 12.1. The molecule has 0 N–H and O–H groups in total. The summed E-state index contributed by atoms with van der Waals surface area (Å²) in [5.74, 6) is -0.248. The molecule has 0 radical (unpaired) electrons. The molecule has 0 saturated carbocycles. The topological polar surface area (TPSA) is 17.8 Å². The molecule has 0 fully saturated rings. The van der Waals surface area contributed by atoms with Crippen molar-refractivity contribution in [3.63, 3.8) is 0 Å². The van der Waals surface area contributed by atoms with E-state index in [9.17, 15) is 4.39 Å². The summed E-state index contributed by atoms with van der Waals surface area (Å²) in [6, 6.07) is 4.60. The molecule has 1 heterocycles. The molecule has 0 unspecified atom stereocenters. The Labute approximate surface area is 105 Å². The molecule has 0 aliphatic rings. The van der Waals surface area contributed by atoms with E-state index >= 15 is 0 Å². The van der Waals surface area contributed by atoms with Crippen LogP contribution in [0.25, 0.3) is 5.69 Å². The second-order valence-electron chi connectivity index (χ2n) is 4.06. The standard InChI is InChI=1S/C13H14ClFN2/c1-4-11-9(3)13(14)17(16-11)12-6-5-10(15)7-8(12)2/h5-7H,4H2,1-3H3. The quantitative estimate of drug-likeness (QED) is 0.794.